The smallest absolute Gasteiger partial charge is 0.255 e. The zero-order valence-electron chi connectivity index (χ0n) is 11.9. The van der Waals surface area contributed by atoms with Gasteiger partial charge in [0.2, 0.25) is 0 Å². The Labute approximate surface area is 119 Å². The second-order valence-electron chi connectivity index (χ2n) is 4.93. The third-order valence-electron chi connectivity index (χ3n) is 3.42. The molecule has 20 heavy (non-hydrogen) atoms. The summed E-state index contributed by atoms with van der Waals surface area (Å²) in [7, 11) is 0. The molecule has 0 fully saturated rings. The molecule has 0 heterocycles. The predicted octanol–water partition coefficient (Wildman–Crippen LogP) is 3.85. The minimum atomic E-state index is -0.125. The molecule has 0 aliphatic carbocycles. The van der Waals surface area contributed by atoms with Gasteiger partial charge in [-0.3, -0.25) is 4.79 Å². The zero-order valence-corrected chi connectivity index (χ0v) is 11.9. The van der Waals surface area contributed by atoms with E-state index >= 15 is 0 Å². The highest BCUT2D eigenvalue weighted by atomic mass is 16.1. The molecule has 0 saturated heterocycles. The van der Waals surface area contributed by atoms with E-state index in [9.17, 15) is 4.79 Å². The molecule has 2 rings (SSSR count). The lowest BCUT2D eigenvalue weighted by atomic mass is 10.1. The molecule has 1 amide bonds. The van der Waals surface area contributed by atoms with Gasteiger partial charge in [-0.15, -0.1) is 6.42 Å². The van der Waals surface area contributed by atoms with Crippen molar-refractivity contribution in [3.8, 4) is 12.3 Å². The molecule has 2 aromatic rings. The standard InChI is InChI=1S/C18H17NO/c1-5-15-11-17(9-7-13(15)3)19-18(20)16-8-6-12(2)14(4)10-16/h1,6-11H,2-4H3,(H,19,20). The highest BCUT2D eigenvalue weighted by Crippen LogP contribution is 2.16. The van der Waals surface area contributed by atoms with Gasteiger partial charge in [-0.2, -0.15) is 0 Å². The first-order valence-electron chi connectivity index (χ1n) is 6.47. The summed E-state index contributed by atoms with van der Waals surface area (Å²) in [6, 6.07) is 11.2. The Bertz CT molecular complexity index is 708. The van der Waals surface area contributed by atoms with Gasteiger partial charge in [-0.05, 0) is 61.7 Å². The summed E-state index contributed by atoms with van der Waals surface area (Å²) in [5.74, 6) is 2.49. The van der Waals surface area contributed by atoms with Crippen molar-refractivity contribution in [2.24, 2.45) is 0 Å². The summed E-state index contributed by atoms with van der Waals surface area (Å²) < 4.78 is 0. The lowest BCUT2D eigenvalue weighted by Crippen LogP contribution is -2.12. The van der Waals surface area contributed by atoms with E-state index in [0.717, 1.165) is 16.7 Å². The van der Waals surface area contributed by atoms with E-state index < -0.39 is 0 Å². The molecule has 1 N–H and O–H groups in total. The number of carbonyl (C=O) groups excluding carboxylic acids is 1. The second kappa shape index (κ2) is 5.63. The molecule has 2 aromatic carbocycles. The third kappa shape index (κ3) is 2.89. The van der Waals surface area contributed by atoms with Crippen LogP contribution in [0.2, 0.25) is 0 Å². The summed E-state index contributed by atoms with van der Waals surface area (Å²) >= 11 is 0. The predicted molar refractivity (Wildman–Crippen MR) is 83.0 cm³/mol. The number of rotatable bonds is 2. The largest absolute Gasteiger partial charge is 0.322 e. The Hall–Kier alpha value is -2.53. The molecule has 0 unspecified atom stereocenters. The Balaban J connectivity index is 2.23. The average Bonchev–Trinajstić information content (AvgIpc) is 2.43. The van der Waals surface area contributed by atoms with Crippen molar-refractivity contribution in [3.63, 3.8) is 0 Å². The Kier molecular flexibility index (Phi) is 3.91. The second-order valence-corrected chi connectivity index (χ2v) is 4.93. The van der Waals surface area contributed by atoms with E-state index in [1.807, 2.05) is 57.2 Å². The lowest BCUT2D eigenvalue weighted by molar-refractivity contribution is 0.102. The summed E-state index contributed by atoms with van der Waals surface area (Å²) in [6.07, 6.45) is 5.44. The van der Waals surface area contributed by atoms with E-state index in [1.165, 1.54) is 5.56 Å². The van der Waals surface area contributed by atoms with Crippen molar-refractivity contribution in [2.75, 3.05) is 5.32 Å². The fourth-order valence-corrected chi connectivity index (χ4v) is 1.94. The van der Waals surface area contributed by atoms with Crippen molar-refractivity contribution in [3.05, 3.63) is 64.2 Å². The quantitative estimate of drug-likeness (QED) is 0.819. The SMILES string of the molecule is C#Cc1cc(NC(=O)c2ccc(C)c(C)c2)ccc1C. The van der Waals surface area contributed by atoms with Crippen LogP contribution in [0.25, 0.3) is 0 Å². The number of aryl methyl sites for hydroxylation is 3. The Morgan fingerprint density at radius 2 is 1.70 bits per heavy atom. The molecule has 0 aromatic heterocycles. The van der Waals surface area contributed by atoms with Crippen LogP contribution in [0.15, 0.2) is 36.4 Å². The van der Waals surface area contributed by atoms with Crippen molar-refractivity contribution in [1.82, 2.24) is 0 Å². The molecule has 2 heteroatoms. The minimum absolute atomic E-state index is 0.125. The molecule has 0 saturated carbocycles. The summed E-state index contributed by atoms with van der Waals surface area (Å²) in [4.78, 5) is 12.2. The molecular formula is C18H17NO. The number of benzene rings is 2. The van der Waals surface area contributed by atoms with E-state index in [4.69, 9.17) is 6.42 Å². The van der Waals surface area contributed by atoms with E-state index in [2.05, 4.69) is 11.2 Å². The lowest BCUT2D eigenvalue weighted by Gasteiger charge is -2.08. The highest BCUT2D eigenvalue weighted by Gasteiger charge is 2.08. The van der Waals surface area contributed by atoms with Gasteiger partial charge in [0.15, 0.2) is 0 Å². The molecule has 0 spiro atoms. The maximum absolute atomic E-state index is 12.2. The monoisotopic (exact) mass is 263 g/mol. The van der Waals surface area contributed by atoms with Crippen LogP contribution in [0.3, 0.4) is 0 Å². The van der Waals surface area contributed by atoms with Gasteiger partial charge in [0.05, 0.1) is 0 Å². The Morgan fingerprint density at radius 3 is 2.35 bits per heavy atom. The molecule has 0 atom stereocenters. The number of carbonyl (C=O) groups is 1. The van der Waals surface area contributed by atoms with Gasteiger partial charge >= 0.3 is 0 Å². The van der Waals surface area contributed by atoms with Crippen LogP contribution in [0, 0.1) is 33.1 Å². The topological polar surface area (TPSA) is 29.1 Å². The number of hydrogen-bond donors (Lipinski definition) is 1. The molecule has 0 bridgehead atoms. The summed E-state index contributed by atoms with van der Waals surface area (Å²) in [5, 5.41) is 2.87. The number of hydrogen-bond acceptors (Lipinski definition) is 1. The molecule has 0 aliphatic heterocycles. The van der Waals surface area contributed by atoms with Crippen molar-refractivity contribution < 1.29 is 4.79 Å². The van der Waals surface area contributed by atoms with E-state index in [0.29, 0.717) is 11.3 Å². The molecule has 0 radical (unpaired) electrons. The van der Waals surface area contributed by atoms with E-state index in [-0.39, 0.29) is 5.91 Å². The maximum Gasteiger partial charge on any atom is 0.255 e. The highest BCUT2D eigenvalue weighted by molar-refractivity contribution is 6.04. The first-order chi connectivity index (χ1) is 9.51. The average molecular weight is 263 g/mol. The van der Waals surface area contributed by atoms with Crippen LogP contribution in [-0.4, -0.2) is 5.91 Å². The Morgan fingerprint density at radius 1 is 1.00 bits per heavy atom. The molecule has 2 nitrogen and oxygen atoms in total. The fourth-order valence-electron chi connectivity index (χ4n) is 1.94. The molecule has 0 aliphatic rings. The van der Waals surface area contributed by atoms with Crippen LogP contribution in [0.5, 0.6) is 0 Å². The van der Waals surface area contributed by atoms with Crippen molar-refractivity contribution in [1.29, 1.82) is 0 Å². The van der Waals surface area contributed by atoms with Crippen molar-refractivity contribution in [2.45, 2.75) is 20.8 Å². The number of amides is 1. The van der Waals surface area contributed by atoms with Crippen LogP contribution >= 0.6 is 0 Å². The summed E-state index contributed by atoms with van der Waals surface area (Å²) in [5.41, 5.74) is 5.46. The third-order valence-corrected chi connectivity index (χ3v) is 3.42. The van der Waals surface area contributed by atoms with Crippen molar-refractivity contribution >= 4 is 11.6 Å². The van der Waals surface area contributed by atoms with Crippen LogP contribution < -0.4 is 5.32 Å². The summed E-state index contributed by atoms with van der Waals surface area (Å²) in [6.45, 7) is 5.97. The number of nitrogens with one attached hydrogen (secondary N) is 1. The molecular weight excluding hydrogens is 246 g/mol. The fraction of sp³-hybridized carbons (Fsp3) is 0.167. The van der Waals surface area contributed by atoms with E-state index in [1.54, 1.807) is 0 Å². The van der Waals surface area contributed by atoms with Gasteiger partial charge in [0.25, 0.3) is 5.91 Å². The van der Waals surface area contributed by atoms with Gasteiger partial charge in [-0.25, -0.2) is 0 Å². The van der Waals surface area contributed by atoms with Crippen LogP contribution in [0.4, 0.5) is 5.69 Å². The van der Waals surface area contributed by atoms with Gasteiger partial charge in [0, 0.05) is 16.8 Å². The van der Waals surface area contributed by atoms with Gasteiger partial charge in [0.1, 0.15) is 0 Å². The zero-order chi connectivity index (χ0) is 14.7. The normalized spacial score (nSPS) is 9.90. The van der Waals surface area contributed by atoms with Gasteiger partial charge in [-0.1, -0.05) is 18.1 Å². The van der Waals surface area contributed by atoms with Gasteiger partial charge < -0.3 is 5.32 Å². The van der Waals surface area contributed by atoms with Crippen LogP contribution in [-0.2, 0) is 0 Å². The first-order valence-corrected chi connectivity index (χ1v) is 6.47. The number of anilines is 1. The maximum atomic E-state index is 12.2. The number of terminal acetylenes is 1. The minimum Gasteiger partial charge on any atom is -0.322 e. The van der Waals surface area contributed by atoms with Crippen LogP contribution in [0.1, 0.15) is 32.6 Å². The molecule has 100 valence electrons. The first kappa shape index (κ1) is 13.9.